The number of halogens is 8. The lowest BCUT2D eigenvalue weighted by atomic mass is 10.0. The van der Waals surface area contributed by atoms with E-state index in [9.17, 15) is 25.9 Å². The Kier molecular flexibility index (Phi) is 14.8. The topological polar surface area (TPSA) is 163 Å². The largest absolute Gasteiger partial charge is 0.497 e. The molecule has 0 heterocycles. The minimum Gasteiger partial charge on any atom is -0.497 e. The first kappa shape index (κ1) is 54.5. The maximum absolute atomic E-state index is 15.6. The molecule has 0 amide bonds. The molecule has 0 radical (unpaired) electrons. The van der Waals surface area contributed by atoms with E-state index in [1.807, 2.05) is 0 Å². The van der Waals surface area contributed by atoms with Crippen LogP contribution in [0.5, 0.6) is 40.2 Å². The average Bonchev–Trinajstić information content (AvgIpc) is 3.45. The molecule has 0 aliphatic heterocycles. The highest BCUT2D eigenvalue weighted by atomic mass is 32.2. The van der Waals surface area contributed by atoms with E-state index >= 15 is 39.7 Å². The molecule has 22 heteroatoms. The Morgan fingerprint density at radius 3 is 1.17 bits per heavy atom. The molecule has 9 aromatic rings. The monoisotopic (exact) mass is 1130 g/mol. The van der Waals surface area contributed by atoms with Crippen LogP contribution in [0.25, 0.3) is 33.4 Å². The van der Waals surface area contributed by atoms with Gasteiger partial charge in [-0.15, -0.1) is 0 Å². The van der Waals surface area contributed by atoms with Crippen LogP contribution in [0.15, 0.2) is 174 Å². The third kappa shape index (κ3) is 10.6. The number of ether oxygens (including phenoxy) is 4. The zero-order valence-electron chi connectivity index (χ0n) is 39.9. The van der Waals surface area contributed by atoms with Gasteiger partial charge in [0.25, 0.3) is 20.2 Å². The summed E-state index contributed by atoms with van der Waals surface area (Å²) < 4.78 is 230. The van der Waals surface area contributed by atoms with Crippen LogP contribution in [0.4, 0.5) is 35.1 Å². The Balaban J connectivity index is 0.933. The summed E-state index contributed by atoms with van der Waals surface area (Å²) in [6.45, 7) is 1.76. The van der Waals surface area contributed by atoms with Crippen molar-refractivity contribution in [2.75, 3.05) is 7.11 Å². The predicted molar refractivity (Wildman–Crippen MR) is 272 cm³/mol. The second kappa shape index (κ2) is 21.2. The van der Waals surface area contributed by atoms with E-state index in [0.29, 0.717) is 28.0 Å². The van der Waals surface area contributed by atoms with Crippen LogP contribution in [-0.2, 0) is 24.8 Å². The second-order valence-corrected chi connectivity index (χ2v) is 22.6. The first-order chi connectivity index (χ1) is 37.0. The van der Waals surface area contributed by atoms with Crippen molar-refractivity contribution in [3.63, 3.8) is 0 Å². The zero-order chi connectivity index (χ0) is 56.0. The van der Waals surface area contributed by atoms with Crippen molar-refractivity contribution < 1.29 is 84.6 Å². The first-order valence-corrected chi connectivity index (χ1v) is 27.1. The number of hydrogen-bond donors (Lipinski definition) is 2. The van der Waals surface area contributed by atoms with Gasteiger partial charge in [-0.1, -0.05) is 90.5 Å². The Labute approximate surface area is 439 Å². The van der Waals surface area contributed by atoms with Gasteiger partial charge in [-0.3, -0.25) is 9.11 Å². The number of methoxy groups -OCH3 is 1. The van der Waals surface area contributed by atoms with E-state index in [1.54, 1.807) is 43.3 Å². The molecule has 0 fully saturated rings. The van der Waals surface area contributed by atoms with Crippen molar-refractivity contribution >= 4 is 43.3 Å². The minimum atomic E-state index is -5.11. The van der Waals surface area contributed by atoms with E-state index in [4.69, 9.17) is 18.9 Å². The van der Waals surface area contributed by atoms with E-state index in [1.165, 1.54) is 98.1 Å². The lowest BCUT2D eigenvalue weighted by Gasteiger charge is -2.22. The maximum Gasteiger partial charge on any atom is 0.298 e. The molecular weight excluding hydrogens is 1100 g/mol. The fourth-order valence-corrected chi connectivity index (χ4v) is 12.2. The van der Waals surface area contributed by atoms with Crippen molar-refractivity contribution in [1.29, 1.82) is 0 Å². The fourth-order valence-electron chi connectivity index (χ4n) is 8.15. The summed E-state index contributed by atoms with van der Waals surface area (Å²) in [6, 6.07) is 37.0. The van der Waals surface area contributed by atoms with E-state index in [-0.39, 0.29) is 27.4 Å². The summed E-state index contributed by atoms with van der Waals surface area (Å²) in [5, 5.41) is -0.0891. The predicted octanol–water partition coefficient (Wildman–Crippen LogP) is 13.6. The molecule has 0 spiro atoms. The molecule has 0 saturated heterocycles. The molecule has 0 bridgehead atoms. The molecule has 9 rings (SSSR count). The van der Waals surface area contributed by atoms with Gasteiger partial charge in [-0.25, -0.2) is 17.6 Å². The van der Waals surface area contributed by atoms with Crippen LogP contribution in [-0.4, -0.2) is 33.1 Å². The Morgan fingerprint density at radius 2 is 0.782 bits per heavy atom. The standard InChI is InChI=1S/C56H35F8O11PS2/c1-30-6-24-39(25-7-30)76(65,40-4-3-5-42(28-40)77(66,67)68)41-26-27-43(44(29-41)78(69,70)71)73-36-18-10-32(11-19-36)34-14-22-38(23-15-34)75-56-53(63)49(59)46(50(60)54(56)64)45-47(57)51(61)55(52(62)48(45)58)74-37-20-12-33(13-21-37)31-8-16-35(72-2)17-9-31/h3-29H,1-2H3,(H,66,67,68)(H,69,70,71). The minimum absolute atomic E-state index is 0.0132. The van der Waals surface area contributed by atoms with Gasteiger partial charge in [0.1, 0.15) is 33.6 Å². The van der Waals surface area contributed by atoms with Crippen LogP contribution < -0.4 is 34.9 Å². The van der Waals surface area contributed by atoms with Gasteiger partial charge in [-0.2, -0.15) is 34.4 Å². The summed E-state index contributed by atoms with van der Waals surface area (Å²) in [4.78, 5) is -1.39. The number of aryl methyl sites for hydroxylation is 1. The molecular formula is C56H35F8O11PS2. The molecule has 398 valence electrons. The molecule has 78 heavy (non-hydrogen) atoms. The normalized spacial score (nSPS) is 12.5. The highest BCUT2D eigenvalue weighted by Gasteiger charge is 2.37. The van der Waals surface area contributed by atoms with Crippen LogP contribution in [0, 0.1) is 53.5 Å². The Morgan fingerprint density at radius 1 is 0.410 bits per heavy atom. The Hall–Kier alpha value is -8.33. The van der Waals surface area contributed by atoms with Crippen LogP contribution in [0.2, 0.25) is 0 Å². The summed E-state index contributed by atoms with van der Waals surface area (Å²) in [6.07, 6.45) is 0. The highest BCUT2D eigenvalue weighted by molar-refractivity contribution is 7.87. The summed E-state index contributed by atoms with van der Waals surface area (Å²) >= 11 is 0. The smallest absolute Gasteiger partial charge is 0.298 e. The third-order valence-corrected chi connectivity index (χ3v) is 16.9. The van der Waals surface area contributed by atoms with Gasteiger partial charge in [0.05, 0.1) is 23.1 Å². The molecule has 2 N–H and O–H groups in total. The molecule has 1 atom stereocenters. The molecule has 9 aromatic carbocycles. The van der Waals surface area contributed by atoms with Crippen LogP contribution >= 0.6 is 7.14 Å². The highest BCUT2D eigenvalue weighted by Crippen LogP contribution is 2.46. The van der Waals surface area contributed by atoms with Crippen molar-refractivity contribution in [3.05, 3.63) is 216 Å². The second-order valence-electron chi connectivity index (χ2n) is 17.1. The van der Waals surface area contributed by atoms with Crippen molar-refractivity contribution in [2.24, 2.45) is 0 Å². The Bertz CT molecular complexity index is 4040. The van der Waals surface area contributed by atoms with Gasteiger partial charge in [-0.05, 0) is 108 Å². The molecule has 0 aliphatic carbocycles. The average molecular weight is 1130 g/mol. The molecule has 0 saturated carbocycles. The summed E-state index contributed by atoms with van der Waals surface area (Å²) in [5.74, 6) is -23.0. The lowest BCUT2D eigenvalue weighted by Crippen LogP contribution is -2.26. The van der Waals surface area contributed by atoms with Crippen molar-refractivity contribution in [1.82, 2.24) is 0 Å². The summed E-state index contributed by atoms with van der Waals surface area (Å²) in [7, 11) is -12.5. The lowest BCUT2D eigenvalue weighted by molar-refractivity contribution is 0.360. The first-order valence-electron chi connectivity index (χ1n) is 22.6. The van der Waals surface area contributed by atoms with E-state index in [2.05, 4.69) is 0 Å². The summed E-state index contributed by atoms with van der Waals surface area (Å²) in [5.41, 5.74) is -1.34. The van der Waals surface area contributed by atoms with Crippen molar-refractivity contribution in [3.8, 4) is 73.6 Å². The third-order valence-electron chi connectivity index (χ3n) is 12.1. The fraction of sp³-hybridized carbons (Fsp3) is 0.0357. The van der Waals surface area contributed by atoms with E-state index in [0.717, 1.165) is 42.0 Å². The molecule has 0 aliphatic rings. The zero-order valence-corrected chi connectivity index (χ0v) is 42.5. The van der Waals surface area contributed by atoms with Gasteiger partial charge < -0.3 is 23.5 Å². The number of rotatable bonds is 15. The van der Waals surface area contributed by atoms with Gasteiger partial charge >= 0.3 is 0 Å². The maximum atomic E-state index is 15.6. The SMILES string of the molecule is COc1ccc(-c2ccc(Oc3c(F)c(F)c(-c4c(F)c(F)c(Oc5ccc(-c6ccc(Oc7ccc(P(=O)(c8ccc(C)cc8)c8cccc(S(=O)(=O)O)c8)cc7S(=O)(=O)O)cc6)cc5)c(F)c4F)c(F)c3F)cc2)cc1. The number of hydrogen-bond acceptors (Lipinski definition) is 9. The molecule has 0 aromatic heterocycles. The molecule has 1 unspecified atom stereocenters. The van der Waals surface area contributed by atoms with Gasteiger partial charge in [0.2, 0.25) is 34.8 Å². The van der Waals surface area contributed by atoms with E-state index < -0.39 is 118 Å². The van der Waals surface area contributed by atoms with Crippen LogP contribution in [0.1, 0.15) is 5.56 Å². The quantitative estimate of drug-likeness (QED) is 0.0435. The van der Waals surface area contributed by atoms with Gasteiger partial charge in [0.15, 0.2) is 30.4 Å². The van der Waals surface area contributed by atoms with Gasteiger partial charge in [0, 0.05) is 15.9 Å². The van der Waals surface area contributed by atoms with Crippen LogP contribution in [0.3, 0.4) is 0 Å². The van der Waals surface area contributed by atoms with Crippen molar-refractivity contribution in [2.45, 2.75) is 16.7 Å². The number of benzene rings is 9. The molecule has 11 nitrogen and oxygen atoms in total.